The van der Waals surface area contributed by atoms with Crippen LogP contribution in [-0.4, -0.2) is 19.9 Å². The molecule has 8 aromatic carbocycles. The van der Waals surface area contributed by atoms with E-state index in [0.717, 1.165) is 82.0 Å². The molecule has 6 heteroatoms. The molecule has 0 fully saturated rings. The minimum atomic E-state index is 0.582. The van der Waals surface area contributed by atoms with Crippen LogP contribution in [0.5, 0.6) is 0 Å². The first-order valence-corrected chi connectivity index (χ1v) is 20.1. The van der Waals surface area contributed by atoms with Gasteiger partial charge in [0.1, 0.15) is 11.2 Å². The fourth-order valence-electron chi connectivity index (χ4n) is 8.44. The lowest BCUT2D eigenvalue weighted by Gasteiger charge is -2.12. The van der Waals surface area contributed by atoms with Gasteiger partial charge in [-0.2, -0.15) is 0 Å². The summed E-state index contributed by atoms with van der Waals surface area (Å²) >= 11 is 1.80. The molecule has 0 saturated heterocycles. The van der Waals surface area contributed by atoms with Crippen LogP contribution in [0.1, 0.15) is 0 Å². The van der Waals surface area contributed by atoms with Gasteiger partial charge in [-0.25, -0.2) is 19.9 Å². The summed E-state index contributed by atoms with van der Waals surface area (Å²) in [4.78, 5) is 21.0. The number of pyridine rings is 1. The minimum Gasteiger partial charge on any atom is -0.456 e. The Morgan fingerprint density at radius 3 is 1.78 bits per heavy atom. The summed E-state index contributed by atoms with van der Waals surface area (Å²) in [5.74, 6) is 1.81. The number of aromatic nitrogens is 4. The quantitative estimate of drug-likeness (QED) is 0.164. The summed E-state index contributed by atoms with van der Waals surface area (Å²) in [5, 5.41) is 7.99. The SMILES string of the molecule is c1ccc(-c2ccccc2-c2nc(-c3ccc4c(c3)oc3ccccc34)nc(-c3cccc4c3sc3c4ccc4c(-c5ccccc5)nc5ccccc5c43)n2)cc1. The zero-order chi connectivity index (χ0) is 38.2. The second kappa shape index (κ2) is 13.0. The molecular formula is C52H30N4OS. The zero-order valence-electron chi connectivity index (χ0n) is 30.9. The highest BCUT2D eigenvalue weighted by Gasteiger charge is 2.21. The monoisotopic (exact) mass is 758 g/mol. The first kappa shape index (κ1) is 32.7. The van der Waals surface area contributed by atoms with E-state index in [1.54, 1.807) is 11.3 Å². The van der Waals surface area contributed by atoms with Crippen LogP contribution in [0, 0.1) is 0 Å². The molecule has 12 aromatic rings. The van der Waals surface area contributed by atoms with Crippen LogP contribution in [0.4, 0.5) is 0 Å². The molecule has 0 spiro atoms. The molecular weight excluding hydrogens is 729 g/mol. The second-order valence-electron chi connectivity index (χ2n) is 14.5. The highest BCUT2D eigenvalue weighted by molar-refractivity contribution is 7.27. The number of nitrogens with zero attached hydrogens (tertiary/aromatic N) is 4. The van der Waals surface area contributed by atoms with Crippen LogP contribution >= 0.6 is 11.3 Å². The van der Waals surface area contributed by atoms with Gasteiger partial charge in [-0.1, -0.05) is 152 Å². The van der Waals surface area contributed by atoms with Crippen molar-refractivity contribution < 1.29 is 4.42 Å². The number of fused-ring (bicyclic) bond motifs is 10. The molecule has 0 unspecified atom stereocenters. The van der Waals surface area contributed by atoms with Crippen LogP contribution in [-0.2, 0) is 0 Å². The molecule has 0 radical (unpaired) electrons. The van der Waals surface area contributed by atoms with Gasteiger partial charge in [0.2, 0.25) is 0 Å². The number of hydrogen-bond acceptors (Lipinski definition) is 6. The van der Waals surface area contributed by atoms with E-state index >= 15 is 0 Å². The van der Waals surface area contributed by atoms with Crippen molar-refractivity contribution in [3.8, 4) is 56.5 Å². The molecule has 0 aliphatic heterocycles. The molecule has 5 nitrogen and oxygen atoms in total. The molecule has 0 aliphatic rings. The summed E-state index contributed by atoms with van der Waals surface area (Å²) < 4.78 is 8.68. The lowest BCUT2D eigenvalue weighted by atomic mass is 9.98. The van der Waals surface area contributed by atoms with E-state index in [1.165, 1.54) is 20.9 Å². The van der Waals surface area contributed by atoms with Gasteiger partial charge in [-0.3, -0.25) is 0 Å². The number of para-hydroxylation sites is 2. The van der Waals surface area contributed by atoms with Crippen molar-refractivity contribution in [2.45, 2.75) is 0 Å². The number of thiophene rings is 1. The number of furan rings is 1. The van der Waals surface area contributed by atoms with E-state index in [4.69, 9.17) is 24.4 Å². The second-order valence-corrected chi connectivity index (χ2v) is 15.5. The molecule has 0 saturated carbocycles. The van der Waals surface area contributed by atoms with Gasteiger partial charge >= 0.3 is 0 Å². The molecule has 0 aliphatic carbocycles. The summed E-state index contributed by atoms with van der Waals surface area (Å²) in [7, 11) is 0. The van der Waals surface area contributed by atoms with Gasteiger partial charge in [0.25, 0.3) is 0 Å². The Labute approximate surface area is 336 Å². The lowest BCUT2D eigenvalue weighted by Crippen LogP contribution is -2.01. The molecule has 0 N–H and O–H groups in total. The van der Waals surface area contributed by atoms with Crippen molar-refractivity contribution in [3.63, 3.8) is 0 Å². The Kier molecular flexibility index (Phi) is 7.33. The summed E-state index contributed by atoms with van der Waals surface area (Å²) in [5.41, 5.74) is 9.61. The van der Waals surface area contributed by atoms with Crippen molar-refractivity contribution in [1.29, 1.82) is 0 Å². The van der Waals surface area contributed by atoms with E-state index < -0.39 is 0 Å². The van der Waals surface area contributed by atoms with Crippen molar-refractivity contribution >= 4 is 75.1 Å². The third-order valence-electron chi connectivity index (χ3n) is 11.1. The topological polar surface area (TPSA) is 64.7 Å². The maximum absolute atomic E-state index is 6.34. The fourth-order valence-corrected chi connectivity index (χ4v) is 9.81. The number of hydrogen-bond donors (Lipinski definition) is 0. The average Bonchev–Trinajstić information content (AvgIpc) is 3.87. The molecule has 12 rings (SSSR count). The Morgan fingerprint density at radius 1 is 0.345 bits per heavy atom. The highest BCUT2D eigenvalue weighted by atomic mass is 32.1. The molecule has 0 atom stereocenters. The first-order chi connectivity index (χ1) is 28.7. The standard InChI is InChI=1S/C52H30N4OS/c1-3-14-31(15-4-1)34-18-7-8-20-39(34)51-54-50(33-26-27-36-35-19-10-12-25-44(35)57-45(36)30-33)55-52(56-51)42-23-13-22-37-38-28-29-41-46(49(38)58-48(37)42)40-21-9-11-24-43(40)53-47(41)32-16-5-2-6-17-32/h1-30H. The molecule has 58 heavy (non-hydrogen) atoms. The molecule has 0 amide bonds. The zero-order valence-corrected chi connectivity index (χ0v) is 31.7. The van der Waals surface area contributed by atoms with Crippen molar-refractivity contribution in [2.75, 3.05) is 0 Å². The van der Waals surface area contributed by atoms with Gasteiger partial charge in [0, 0.05) is 69.4 Å². The van der Waals surface area contributed by atoms with Crippen LogP contribution in [0.15, 0.2) is 186 Å². The fraction of sp³-hybridized carbons (Fsp3) is 0. The van der Waals surface area contributed by atoms with E-state index in [0.29, 0.717) is 17.5 Å². The predicted octanol–water partition coefficient (Wildman–Crippen LogP) is 14.2. The van der Waals surface area contributed by atoms with Gasteiger partial charge in [0.05, 0.1) is 11.2 Å². The van der Waals surface area contributed by atoms with Gasteiger partial charge in [0.15, 0.2) is 17.5 Å². The van der Waals surface area contributed by atoms with Gasteiger partial charge in [-0.05, 0) is 41.5 Å². The normalized spacial score (nSPS) is 11.8. The summed E-state index contributed by atoms with van der Waals surface area (Å²) in [6.45, 7) is 0. The van der Waals surface area contributed by atoms with Crippen molar-refractivity contribution in [1.82, 2.24) is 19.9 Å². The average molecular weight is 759 g/mol. The number of benzene rings is 8. The van der Waals surface area contributed by atoms with Crippen LogP contribution in [0.2, 0.25) is 0 Å². The maximum Gasteiger partial charge on any atom is 0.165 e. The van der Waals surface area contributed by atoms with Crippen LogP contribution < -0.4 is 0 Å². The largest absolute Gasteiger partial charge is 0.456 e. The van der Waals surface area contributed by atoms with Crippen molar-refractivity contribution in [2.24, 2.45) is 0 Å². The number of rotatable bonds is 5. The highest BCUT2D eigenvalue weighted by Crippen LogP contribution is 2.46. The summed E-state index contributed by atoms with van der Waals surface area (Å²) in [6.07, 6.45) is 0. The predicted molar refractivity (Wildman–Crippen MR) is 240 cm³/mol. The smallest absolute Gasteiger partial charge is 0.165 e. The molecule has 270 valence electrons. The van der Waals surface area contributed by atoms with Gasteiger partial charge < -0.3 is 4.42 Å². The van der Waals surface area contributed by atoms with Crippen molar-refractivity contribution in [3.05, 3.63) is 182 Å². The third kappa shape index (κ3) is 5.16. The Hall–Kier alpha value is -7.54. The third-order valence-corrected chi connectivity index (χ3v) is 12.4. The maximum atomic E-state index is 6.34. The summed E-state index contributed by atoms with van der Waals surface area (Å²) in [6, 6.07) is 63.1. The van der Waals surface area contributed by atoms with Crippen LogP contribution in [0.25, 0.3) is 120 Å². The van der Waals surface area contributed by atoms with Gasteiger partial charge in [-0.15, -0.1) is 11.3 Å². The minimum absolute atomic E-state index is 0.582. The van der Waals surface area contributed by atoms with E-state index in [9.17, 15) is 0 Å². The first-order valence-electron chi connectivity index (χ1n) is 19.3. The molecule has 4 aromatic heterocycles. The molecule has 0 bridgehead atoms. The Balaban J connectivity index is 1.12. The Morgan fingerprint density at radius 2 is 0.931 bits per heavy atom. The molecule has 4 heterocycles. The Bertz CT molecular complexity index is 3570. The van der Waals surface area contributed by atoms with E-state index in [-0.39, 0.29) is 0 Å². The van der Waals surface area contributed by atoms with Crippen LogP contribution in [0.3, 0.4) is 0 Å². The lowest BCUT2D eigenvalue weighted by molar-refractivity contribution is 0.669. The van der Waals surface area contributed by atoms with E-state index in [1.807, 2.05) is 36.4 Å². The van der Waals surface area contributed by atoms with E-state index in [2.05, 4.69) is 146 Å².